The van der Waals surface area contributed by atoms with Gasteiger partial charge in [0.1, 0.15) is 0 Å². The fourth-order valence-electron chi connectivity index (χ4n) is 1.29. The first kappa shape index (κ1) is 16.1. The van der Waals surface area contributed by atoms with Crippen molar-refractivity contribution in [2.24, 2.45) is 0 Å². The summed E-state index contributed by atoms with van der Waals surface area (Å²) in [5.41, 5.74) is 0. The van der Waals surface area contributed by atoms with Gasteiger partial charge in [0.25, 0.3) is 0 Å². The SMILES string of the molecule is CC[Si](C)(C)CCCOCCOCCOC. The predicted octanol–water partition coefficient (Wildman–Crippen LogP) is 2.78. The molecule has 0 saturated carbocycles. The van der Waals surface area contributed by atoms with Crippen LogP contribution in [0.15, 0.2) is 0 Å². The lowest BCUT2D eigenvalue weighted by atomic mass is 10.5. The number of ether oxygens (including phenoxy) is 3. The fraction of sp³-hybridized carbons (Fsp3) is 1.00. The van der Waals surface area contributed by atoms with Gasteiger partial charge in [-0.2, -0.15) is 0 Å². The second-order valence-electron chi connectivity index (χ2n) is 4.84. The van der Waals surface area contributed by atoms with E-state index in [4.69, 9.17) is 14.2 Å². The lowest BCUT2D eigenvalue weighted by Crippen LogP contribution is -2.23. The minimum atomic E-state index is -0.891. The second-order valence-corrected chi connectivity index (χ2v) is 10.4. The second kappa shape index (κ2) is 10.3. The molecule has 3 nitrogen and oxygen atoms in total. The van der Waals surface area contributed by atoms with E-state index in [0.29, 0.717) is 26.4 Å². The molecule has 0 fully saturated rings. The summed E-state index contributed by atoms with van der Waals surface area (Å²) in [6, 6.07) is 2.74. The third-order valence-electron chi connectivity index (χ3n) is 2.90. The van der Waals surface area contributed by atoms with E-state index in [2.05, 4.69) is 20.0 Å². The summed E-state index contributed by atoms with van der Waals surface area (Å²) in [4.78, 5) is 0. The maximum Gasteiger partial charge on any atom is 0.0701 e. The van der Waals surface area contributed by atoms with E-state index in [0.717, 1.165) is 6.61 Å². The van der Waals surface area contributed by atoms with Crippen molar-refractivity contribution in [2.75, 3.05) is 40.1 Å². The van der Waals surface area contributed by atoms with E-state index in [1.807, 2.05) is 0 Å². The molecule has 0 N–H and O–H groups in total. The zero-order valence-electron chi connectivity index (χ0n) is 11.4. The van der Waals surface area contributed by atoms with Gasteiger partial charge in [-0.05, 0) is 6.42 Å². The average Bonchev–Trinajstić information content (AvgIpc) is 2.27. The number of methoxy groups -OCH3 is 1. The molecule has 0 spiro atoms. The maximum absolute atomic E-state index is 5.51. The van der Waals surface area contributed by atoms with Crippen LogP contribution in [0.5, 0.6) is 0 Å². The standard InChI is InChI=1S/C12H28O3Si/c1-5-16(3,4)12-6-7-14-10-11-15-9-8-13-2/h5-12H2,1-4H3. The number of hydrogen-bond acceptors (Lipinski definition) is 3. The minimum absolute atomic E-state index is 0.662. The first-order chi connectivity index (χ1) is 7.62. The molecule has 0 aliphatic heterocycles. The van der Waals surface area contributed by atoms with Crippen LogP contribution in [0.1, 0.15) is 13.3 Å². The first-order valence-corrected chi connectivity index (χ1v) is 9.68. The van der Waals surface area contributed by atoms with Crippen LogP contribution >= 0.6 is 0 Å². The van der Waals surface area contributed by atoms with Gasteiger partial charge in [-0.3, -0.25) is 0 Å². The molecule has 4 heteroatoms. The zero-order valence-corrected chi connectivity index (χ0v) is 12.4. The van der Waals surface area contributed by atoms with Gasteiger partial charge in [-0.1, -0.05) is 32.1 Å². The van der Waals surface area contributed by atoms with E-state index in [-0.39, 0.29) is 0 Å². The maximum atomic E-state index is 5.51. The van der Waals surface area contributed by atoms with Crippen molar-refractivity contribution in [3.63, 3.8) is 0 Å². The molecule has 0 radical (unpaired) electrons. The van der Waals surface area contributed by atoms with E-state index in [1.165, 1.54) is 18.5 Å². The molecule has 0 bridgehead atoms. The Morgan fingerprint density at radius 3 is 2.00 bits per heavy atom. The smallest absolute Gasteiger partial charge is 0.0701 e. The van der Waals surface area contributed by atoms with Crippen molar-refractivity contribution >= 4 is 8.07 Å². The molecule has 0 rings (SSSR count). The van der Waals surface area contributed by atoms with Crippen LogP contribution in [0.25, 0.3) is 0 Å². The summed E-state index contributed by atoms with van der Waals surface area (Å²) in [5.74, 6) is 0. The van der Waals surface area contributed by atoms with Gasteiger partial charge in [-0.25, -0.2) is 0 Å². The van der Waals surface area contributed by atoms with Gasteiger partial charge in [0.15, 0.2) is 0 Å². The Bertz CT molecular complexity index is 151. The molecule has 0 saturated heterocycles. The summed E-state index contributed by atoms with van der Waals surface area (Å²) in [6.07, 6.45) is 1.20. The summed E-state index contributed by atoms with van der Waals surface area (Å²) in [6.45, 7) is 10.8. The van der Waals surface area contributed by atoms with Gasteiger partial charge >= 0.3 is 0 Å². The Morgan fingerprint density at radius 2 is 1.44 bits per heavy atom. The Balaban J connectivity index is 3.10. The summed E-state index contributed by atoms with van der Waals surface area (Å²) in [5, 5.41) is 0. The molecule has 0 aromatic carbocycles. The highest BCUT2D eigenvalue weighted by Gasteiger charge is 2.16. The molecule has 0 aliphatic carbocycles. The van der Waals surface area contributed by atoms with Crippen molar-refractivity contribution < 1.29 is 14.2 Å². The van der Waals surface area contributed by atoms with Crippen LogP contribution in [-0.2, 0) is 14.2 Å². The zero-order chi connectivity index (χ0) is 12.3. The van der Waals surface area contributed by atoms with E-state index < -0.39 is 8.07 Å². The number of hydrogen-bond donors (Lipinski definition) is 0. The van der Waals surface area contributed by atoms with Crippen molar-refractivity contribution in [2.45, 2.75) is 38.5 Å². The van der Waals surface area contributed by atoms with Gasteiger partial charge < -0.3 is 14.2 Å². The molecule has 0 aliphatic rings. The van der Waals surface area contributed by atoms with Crippen LogP contribution in [-0.4, -0.2) is 48.2 Å². The van der Waals surface area contributed by atoms with Gasteiger partial charge in [0.05, 0.1) is 26.4 Å². The highest BCUT2D eigenvalue weighted by molar-refractivity contribution is 6.77. The summed E-state index contributed by atoms with van der Waals surface area (Å²) < 4.78 is 15.7. The lowest BCUT2D eigenvalue weighted by Gasteiger charge is -2.19. The molecular weight excluding hydrogens is 220 g/mol. The van der Waals surface area contributed by atoms with Crippen molar-refractivity contribution in [3.8, 4) is 0 Å². The average molecular weight is 248 g/mol. The van der Waals surface area contributed by atoms with E-state index >= 15 is 0 Å². The Kier molecular flexibility index (Phi) is 10.3. The normalized spacial score (nSPS) is 12.0. The van der Waals surface area contributed by atoms with E-state index in [9.17, 15) is 0 Å². The summed E-state index contributed by atoms with van der Waals surface area (Å²) >= 11 is 0. The van der Waals surface area contributed by atoms with Gasteiger partial charge in [0.2, 0.25) is 0 Å². The van der Waals surface area contributed by atoms with Crippen LogP contribution in [0.2, 0.25) is 25.2 Å². The summed E-state index contributed by atoms with van der Waals surface area (Å²) in [7, 11) is 0.789. The largest absolute Gasteiger partial charge is 0.382 e. The van der Waals surface area contributed by atoms with Crippen molar-refractivity contribution in [1.82, 2.24) is 0 Å². The highest BCUT2D eigenvalue weighted by atomic mass is 28.3. The topological polar surface area (TPSA) is 27.7 Å². The molecule has 0 amide bonds. The van der Waals surface area contributed by atoms with Crippen LogP contribution < -0.4 is 0 Å². The van der Waals surface area contributed by atoms with Gasteiger partial charge in [0, 0.05) is 21.8 Å². The van der Waals surface area contributed by atoms with E-state index in [1.54, 1.807) is 7.11 Å². The van der Waals surface area contributed by atoms with Gasteiger partial charge in [-0.15, -0.1) is 0 Å². The molecule has 0 heterocycles. The third-order valence-corrected chi connectivity index (χ3v) is 6.52. The molecule has 0 aromatic rings. The molecular formula is C12H28O3Si. The molecule has 0 unspecified atom stereocenters. The molecule has 0 aromatic heterocycles. The fourth-order valence-corrected chi connectivity index (χ4v) is 2.75. The first-order valence-electron chi connectivity index (χ1n) is 6.27. The molecule has 16 heavy (non-hydrogen) atoms. The quantitative estimate of drug-likeness (QED) is 0.416. The monoisotopic (exact) mass is 248 g/mol. The molecule has 0 atom stereocenters. The van der Waals surface area contributed by atoms with Crippen molar-refractivity contribution in [1.29, 1.82) is 0 Å². The lowest BCUT2D eigenvalue weighted by molar-refractivity contribution is 0.0249. The Morgan fingerprint density at radius 1 is 0.875 bits per heavy atom. The van der Waals surface area contributed by atoms with Crippen LogP contribution in [0.4, 0.5) is 0 Å². The predicted molar refractivity (Wildman–Crippen MR) is 70.9 cm³/mol. The Hall–Kier alpha value is 0.0969. The molecule has 98 valence electrons. The minimum Gasteiger partial charge on any atom is -0.382 e. The Labute approximate surface area is 101 Å². The third kappa shape index (κ3) is 10.6. The van der Waals surface area contributed by atoms with Crippen LogP contribution in [0, 0.1) is 0 Å². The van der Waals surface area contributed by atoms with Crippen LogP contribution in [0.3, 0.4) is 0 Å². The number of rotatable bonds is 11. The van der Waals surface area contributed by atoms with Crippen molar-refractivity contribution in [3.05, 3.63) is 0 Å². The highest BCUT2D eigenvalue weighted by Crippen LogP contribution is 2.16.